The Morgan fingerprint density at radius 2 is 2.05 bits per heavy atom. The van der Waals surface area contributed by atoms with Crippen molar-refractivity contribution in [1.29, 1.82) is 0 Å². The Labute approximate surface area is 119 Å². The third-order valence-electron chi connectivity index (χ3n) is 3.90. The summed E-state index contributed by atoms with van der Waals surface area (Å²) in [6.45, 7) is 6.33. The minimum atomic E-state index is -0.522. The molecular formula is C14H23NO5. The number of hydrogen-bond donors (Lipinski definition) is 1. The van der Waals surface area contributed by atoms with Gasteiger partial charge in [0.1, 0.15) is 11.7 Å². The molecule has 0 aliphatic carbocycles. The summed E-state index contributed by atoms with van der Waals surface area (Å²) in [4.78, 5) is 25.6. The van der Waals surface area contributed by atoms with E-state index in [-0.39, 0.29) is 18.7 Å². The van der Waals surface area contributed by atoms with E-state index in [0.717, 1.165) is 0 Å². The molecule has 1 N–H and O–H groups in total. The summed E-state index contributed by atoms with van der Waals surface area (Å²) in [5.74, 6) is -0.236. The Hall–Kier alpha value is -1.30. The Morgan fingerprint density at radius 1 is 1.45 bits per heavy atom. The van der Waals surface area contributed by atoms with Gasteiger partial charge in [0.05, 0.1) is 12.0 Å². The molecule has 1 atom stereocenters. The Morgan fingerprint density at radius 3 is 2.50 bits per heavy atom. The SMILES string of the molecule is CC(C)(C)OC(=O)N1CCC2(CC1)C[C@H](CO)OC2=O. The Balaban J connectivity index is 1.93. The molecule has 0 radical (unpaired) electrons. The standard InChI is InChI=1S/C14H23NO5/c1-13(2,3)20-12(18)15-6-4-14(5-7-15)8-10(9-16)19-11(14)17/h10,16H,4-9H2,1-3H3/t10-/m1/s1. The normalized spacial score (nSPS) is 25.7. The average Bonchev–Trinajstić information content (AvgIpc) is 2.65. The van der Waals surface area contributed by atoms with Crippen LogP contribution < -0.4 is 0 Å². The van der Waals surface area contributed by atoms with Crippen LogP contribution in [-0.2, 0) is 14.3 Å². The number of nitrogens with zero attached hydrogens (tertiary/aromatic N) is 1. The fourth-order valence-corrected chi connectivity index (χ4v) is 2.79. The van der Waals surface area contributed by atoms with E-state index in [1.165, 1.54) is 0 Å². The number of aliphatic hydroxyl groups is 1. The second-order valence-electron chi connectivity index (χ2n) is 6.66. The highest BCUT2D eigenvalue weighted by Gasteiger charge is 2.50. The van der Waals surface area contributed by atoms with E-state index in [2.05, 4.69) is 0 Å². The van der Waals surface area contributed by atoms with Crippen LogP contribution in [0.15, 0.2) is 0 Å². The van der Waals surface area contributed by atoms with E-state index >= 15 is 0 Å². The van der Waals surface area contributed by atoms with Gasteiger partial charge in [0.25, 0.3) is 0 Å². The third-order valence-corrected chi connectivity index (χ3v) is 3.90. The predicted molar refractivity (Wildman–Crippen MR) is 71.1 cm³/mol. The van der Waals surface area contributed by atoms with Crippen molar-refractivity contribution in [3.8, 4) is 0 Å². The lowest BCUT2D eigenvalue weighted by Gasteiger charge is -2.37. The van der Waals surface area contributed by atoms with Gasteiger partial charge in [-0.05, 0) is 33.6 Å². The number of aliphatic hydroxyl groups excluding tert-OH is 1. The quantitative estimate of drug-likeness (QED) is 0.735. The van der Waals surface area contributed by atoms with Crippen LogP contribution in [0.25, 0.3) is 0 Å². The lowest BCUT2D eigenvalue weighted by Crippen LogP contribution is -2.46. The number of carbonyl (C=O) groups excluding carboxylic acids is 2. The molecule has 2 rings (SSSR count). The van der Waals surface area contributed by atoms with Gasteiger partial charge >= 0.3 is 12.1 Å². The lowest BCUT2D eigenvalue weighted by atomic mass is 9.76. The highest BCUT2D eigenvalue weighted by molar-refractivity contribution is 5.79. The number of hydrogen-bond acceptors (Lipinski definition) is 5. The number of carbonyl (C=O) groups is 2. The van der Waals surface area contributed by atoms with Crippen molar-refractivity contribution >= 4 is 12.1 Å². The van der Waals surface area contributed by atoms with Crippen molar-refractivity contribution in [2.24, 2.45) is 5.41 Å². The fourth-order valence-electron chi connectivity index (χ4n) is 2.79. The van der Waals surface area contributed by atoms with Gasteiger partial charge in [-0.25, -0.2) is 4.79 Å². The highest BCUT2D eigenvalue weighted by atomic mass is 16.6. The van der Waals surface area contributed by atoms with Gasteiger partial charge in [-0.2, -0.15) is 0 Å². The second-order valence-corrected chi connectivity index (χ2v) is 6.66. The number of rotatable bonds is 1. The lowest BCUT2D eigenvalue weighted by molar-refractivity contribution is -0.151. The van der Waals surface area contributed by atoms with Crippen molar-refractivity contribution in [3.63, 3.8) is 0 Å². The maximum atomic E-state index is 12.0. The first kappa shape index (κ1) is 15.1. The average molecular weight is 285 g/mol. The molecule has 0 unspecified atom stereocenters. The molecule has 2 saturated heterocycles. The molecule has 20 heavy (non-hydrogen) atoms. The van der Waals surface area contributed by atoms with Gasteiger partial charge in [0.15, 0.2) is 0 Å². The first-order valence-electron chi connectivity index (χ1n) is 7.06. The predicted octanol–water partition coefficient (Wildman–Crippen LogP) is 1.31. The monoisotopic (exact) mass is 285 g/mol. The van der Waals surface area contributed by atoms with Crippen LogP contribution in [0.3, 0.4) is 0 Å². The highest BCUT2D eigenvalue weighted by Crippen LogP contribution is 2.43. The molecule has 6 heteroatoms. The molecule has 1 amide bonds. The summed E-state index contributed by atoms with van der Waals surface area (Å²) in [6.07, 6.45) is 0.959. The number of likely N-dealkylation sites (tertiary alicyclic amines) is 1. The Kier molecular flexibility index (Phi) is 3.95. The molecule has 114 valence electrons. The van der Waals surface area contributed by atoms with Gasteiger partial charge in [0.2, 0.25) is 0 Å². The molecule has 2 heterocycles. The van der Waals surface area contributed by atoms with Crippen LogP contribution in [0.5, 0.6) is 0 Å². The minimum Gasteiger partial charge on any atom is -0.459 e. The van der Waals surface area contributed by atoms with E-state index in [1.54, 1.807) is 4.90 Å². The van der Waals surface area contributed by atoms with Crippen molar-refractivity contribution in [2.75, 3.05) is 19.7 Å². The summed E-state index contributed by atoms with van der Waals surface area (Å²) >= 11 is 0. The topological polar surface area (TPSA) is 76.1 Å². The van der Waals surface area contributed by atoms with E-state index in [1.807, 2.05) is 20.8 Å². The van der Waals surface area contributed by atoms with Crippen LogP contribution in [0.4, 0.5) is 4.79 Å². The van der Waals surface area contributed by atoms with Crippen LogP contribution in [-0.4, -0.2) is 53.5 Å². The van der Waals surface area contributed by atoms with Crippen LogP contribution in [0.2, 0.25) is 0 Å². The summed E-state index contributed by atoms with van der Waals surface area (Å²) in [7, 11) is 0. The first-order chi connectivity index (χ1) is 9.26. The maximum absolute atomic E-state index is 12.0. The smallest absolute Gasteiger partial charge is 0.410 e. The zero-order valence-electron chi connectivity index (χ0n) is 12.3. The number of amides is 1. The molecule has 0 bridgehead atoms. The van der Waals surface area contributed by atoms with Crippen LogP contribution in [0.1, 0.15) is 40.0 Å². The van der Waals surface area contributed by atoms with Crippen molar-refractivity contribution in [3.05, 3.63) is 0 Å². The van der Waals surface area contributed by atoms with E-state index in [9.17, 15) is 9.59 Å². The van der Waals surface area contributed by atoms with Crippen LogP contribution in [0, 0.1) is 5.41 Å². The number of esters is 1. The minimum absolute atomic E-state index is 0.136. The largest absolute Gasteiger partial charge is 0.459 e. The van der Waals surface area contributed by atoms with Crippen molar-refractivity contribution in [1.82, 2.24) is 4.90 Å². The molecule has 6 nitrogen and oxygen atoms in total. The van der Waals surface area contributed by atoms with E-state index in [4.69, 9.17) is 14.6 Å². The number of ether oxygens (including phenoxy) is 2. The van der Waals surface area contributed by atoms with E-state index < -0.39 is 17.1 Å². The molecular weight excluding hydrogens is 262 g/mol. The van der Waals surface area contributed by atoms with Gasteiger partial charge < -0.3 is 19.5 Å². The summed E-state index contributed by atoms with van der Waals surface area (Å²) in [5, 5.41) is 9.10. The molecule has 2 aliphatic rings. The van der Waals surface area contributed by atoms with Gasteiger partial charge in [-0.15, -0.1) is 0 Å². The van der Waals surface area contributed by atoms with Gasteiger partial charge in [-0.3, -0.25) is 4.79 Å². The summed E-state index contributed by atoms with van der Waals surface area (Å²) < 4.78 is 10.5. The number of piperidine rings is 1. The summed E-state index contributed by atoms with van der Waals surface area (Å²) in [5.41, 5.74) is -1.04. The molecule has 1 spiro atoms. The maximum Gasteiger partial charge on any atom is 0.410 e. The zero-order valence-corrected chi connectivity index (χ0v) is 12.3. The second kappa shape index (κ2) is 5.24. The zero-order chi connectivity index (χ0) is 15.0. The van der Waals surface area contributed by atoms with Crippen molar-refractivity contribution in [2.45, 2.75) is 51.7 Å². The number of cyclic esters (lactones) is 1. The first-order valence-corrected chi connectivity index (χ1v) is 7.06. The third kappa shape index (κ3) is 3.06. The van der Waals surface area contributed by atoms with Crippen LogP contribution >= 0.6 is 0 Å². The molecule has 2 fully saturated rings. The van der Waals surface area contributed by atoms with Gasteiger partial charge in [-0.1, -0.05) is 0 Å². The molecule has 2 aliphatic heterocycles. The fraction of sp³-hybridized carbons (Fsp3) is 0.857. The van der Waals surface area contributed by atoms with Crippen molar-refractivity contribution < 1.29 is 24.2 Å². The summed E-state index contributed by atoms with van der Waals surface area (Å²) in [6, 6.07) is 0. The Bertz CT molecular complexity index is 393. The molecule has 0 saturated carbocycles. The molecule has 0 aromatic heterocycles. The molecule has 0 aromatic rings. The van der Waals surface area contributed by atoms with Gasteiger partial charge in [0, 0.05) is 19.5 Å². The van der Waals surface area contributed by atoms with E-state index in [0.29, 0.717) is 32.4 Å². The molecule has 0 aromatic carbocycles.